The van der Waals surface area contributed by atoms with Gasteiger partial charge in [0.1, 0.15) is 0 Å². The number of nitrogens with zero attached hydrogens (tertiary/aromatic N) is 1. The number of nitrogens with one attached hydrogen (secondary N) is 2. The van der Waals surface area contributed by atoms with Gasteiger partial charge in [-0.2, -0.15) is 0 Å². The summed E-state index contributed by atoms with van der Waals surface area (Å²) in [5.41, 5.74) is 1.14. The molecule has 1 heterocycles. The number of benzene rings is 2. The summed E-state index contributed by atoms with van der Waals surface area (Å²) in [5, 5.41) is 5.95. The van der Waals surface area contributed by atoms with Crippen LogP contribution in [0.4, 0.5) is 11.4 Å². The van der Waals surface area contributed by atoms with Crippen molar-refractivity contribution in [3.05, 3.63) is 47.5 Å². The lowest BCUT2D eigenvalue weighted by Gasteiger charge is -2.16. The minimum absolute atomic E-state index is 0.0553. The van der Waals surface area contributed by atoms with E-state index in [1.54, 1.807) is 54.4 Å². The number of anilines is 2. The van der Waals surface area contributed by atoms with Gasteiger partial charge >= 0.3 is 0 Å². The molecule has 0 unspecified atom stereocenters. The third-order valence-electron chi connectivity index (χ3n) is 3.63. The molecule has 3 rings (SSSR count). The van der Waals surface area contributed by atoms with Crippen LogP contribution >= 0.6 is 11.6 Å². The third kappa shape index (κ3) is 4.65. The summed E-state index contributed by atoms with van der Waals surface area (Å²) in [6.07, 6.45) is 0. The summed E-state index contributed by atoms with van der Waals surface area (Å²) in [4.78, 5) is 25.8. The number of amides is 2. The number of halogens is 1. The standard InChI is InChI=1S/C18H18ClN3O4/c1-22(10-18(24)21-14-5-3-2-4-13(14)19)9-17(23)20-12-6-7-15-16(8-12)26-11-25-15/h2-8H,9-11H2,1H3,(H,20,23)(H,21,24). The number of fused-ring (bicyclic) bond motifs is 1. The molecule has 26 heavy (non-hydrogen) atoms. The van der Waals surface area contributed by atoms with E-state index in [0.29, 0.717) is 27.9 Å². The maximum absolute atomic E-state index is 12.1. The zero-order chi connectivity index (χ0) is 18.5. The van der Waals surface area contributed by atoms with Crippen LogP contribution in [0.15, 0.2) is 42.5 Å². The van der Waals surface area contributed by atoms with Crippen LogP contribution in [0.5, 0.6) is 11.5 Å². The van der Waals surface area contributed by atoms with Gasteiger partial charge in [0.15, 0.2) is 11.5 Å². The lowest BCUT2D eigenvalue weighted by molar-refractivity contribution is -0.119. The molecule has 1 aliphatic heterocycles. The van der Waals surface area contributed by atoms with Crippen LogP contribution in [0.3, 0.4) is 0 Å². The van der Waals surface area contributed by atoms with Gasteiger partial charge in [-0.05, 0) is 31.3 Å². The number of ether oxygens (including phenoxy) is 2. The number of hydrogen-bond donors (Lipinski definition) is 2. The predicted octanol–water partition coefficient (Wildman–Crippen LogP) is 2.58. The van der Waals surface area contributed by atoms with E-state index in [2.05, 4.69) is 10.6 Å². The zero-order valence-electron chi connectivity index (χ0n) is 14.1. The Hall–Kier alpha value is -2.77. The minimum atomic E-state index is -0.253. The Balaban J connectivity index is 1.48. The Morgan fingerprint density at radius 2 is 1.73 bits per heavy atom. The Kier molecular flexibility index (Phi) is 5.60. The highest BCUT2D eigenvalue weighted by Crippen LogP contribution is 2.34. The third-order valence-corrected chi connectivity index (χ3v) is 3.96. The van der Waals surface area contributed by atoms with E-state index >= 15 is 0 Å². The second kappa shape index (κ2) is 8.07. The number of rotatable bonds is 6. The van der Waals surface area contributed by atoms with Crippen molar-refractivity contribution >= 4 is 34.8 Å². The normalized spacial score (nSPS) is 12.1. The number of hydrogen-bond acceptors (Lipinski definition) is 5. The van der Waals surface area contributed by atoms with Gasteiger partial charge in [0.05, 0.1) is 23.8 Å². The van der Waals surface area contributed by atoms with Crippen LogP contribution in [-0.4, -0.2) is 43.6 Å². The fourth-order valence-corrected chi connectivity index (χ4v) is 2.66. The Labute approximate surface area is 155 Å². The van der Waals surface area contributed by atoms with E-state index < -0.39 is 0 Å². The molecule has 2 aromatic carbocycles. The highest BCUT2D eigenvalue weighted by molar-refractivity contribution is 6.33. The molecule has 0 aliphatic carbocycles. The van der Waals surface area contributed by atoms with Crippen LogP contribution in [0.1, 0.15) is 0 Å². The number of para-hydroxylation sites is 1. The van der Waals surface area contributed by atoms with Crippen LogP contribution in [0, 0.1) is 0 Å². The monoisotopic (exact) mass is 375 g/mol. The molecule has 0 aromatic heterocycles. The summed E-state index contributed by atoms with van der Waals surface area (Å²) in [6.45, 7) is 0.292. The van der Waals surface area contributed by atoms with Crippen LogP contribution in [-0.2, 0) is 9.59 Å². The van der Waals surface area contributed by atoms with E-state index in [1.807, 2.05) is 0 Å². The molecule has 0 saturated carbocycles. The smallest absolute Gasteiger partial charge is 0.238 e. The number of likely N-dealkylation sites (N-methyl/N-ethyl adjacent to an activating group) is 1. The van der Waals surface area contributed by atoms with Crippen molar-refractivity contribution in [3.63, 3.8) is 0 Å². The summed E-state index contributed by atoms with van der Waals surface area (Å²) in [7, 11) is 1.69. The molecule has 0 saturated heterocycles. The lowest BCUT2D eigenvalue weighted by atomic mass is 10.2. The van der Waals surface area contributed by atoms with E-state index in [1.165, 1.54) is 0 Å². The van der Waals surface area contributed by atoms with Crippen molar-refractivity contribution in [3.8, 4) is 11.5 Å². The lowest BCUT2D eigenvalue weighted by Crippen LogP contribution is -2.36. The van der Waals surface area contributed by atoms with Gasteiger partial charge in [-0.25, -0.2) is 0 Å². The van der Waals surface area contributed by atoms with Crippen LogP contribution < -0.4 is 20.1 Å². The Morgan fingerprint density at radius 1 is 1.04 bits per heavy atom. The molecule has 2 aromatic rings. The maximum atomic E-state index is 12.1. The van der Waals surface area contributed by atoms with Crippen molar-refractivity contribution < 1.29 is 19.1 Å². The molecule has 7 nitrogen and oxygen atoms in total. The summed E-state index contributed by atoms with van der Waals surface area (Å²) >= 11 is 6.01. The Bertz CT molecular complexity index is 828. The largest absolute Gasteiger partial charge is 0.454 e. The second-order valence-corrected chi connectivity index (χ2v) is 6.22. The molecule has 0 bridgehead atoms. The van der Waals surface area contributed by atoms with Crippen LogP contribution in [0.2, 0.25) is 5.02 Å². The first-order valence-corrected chi connectivity index (χ1v) is 8.31. The second-order valence-electron chi connectivity index (χ2n) is 5.82. The molecule has 0 fully saturated rings. The van der Waals surface area contributed by atoms with Crippen molar-refractivity contribution in [2.75, 3.05) is 37.6 Å². The maximum Gasteiger partial charge on any atom is 0.238 e. The molecule has 8 heteroatoms. The average molecular weight is 376 g/mol. The van der Waals surface area contributed by atoms with Gasteiger partial charge in [-0.1, -0.05) is 23.7 Å². The minimum Gasteiger partial charge on any atom is -0.454 e. The average Bonchev–Trinajstić information content (AvgIpc) is 3.04. The highest BCUT2D eigenvalue weighted by atomic mass is 35.5. The molecule has 2 N–H and O–H groups in total. The first-order chi connectivity index (χ1) is 12.5. The molecule has 2 amide bonds. The SMILES string of the molecule is CN(CC(=O)Nc1ccc2c(c1)OCO2)CC(=O)Nc1ccccc1Cl. The molecular weight excluding hydrogens is 358 g/mol. The van der Waals surface area contributed by atoms with E-state index in [0.717, 1.165) is 0 Å². The molecule has 136 valence electrons. The fourth-order valence-electron chi connectivity index (χ4n) is 2.47. The summed E-state index contributed by atoms with van der Waals surface area (Å²) in [6, 6.07) is 12.1. The van der Waals surface area contributed by atoms with Crippen molar-refractivity contribution in [1.82, 2.24) is 4.90 Å². The molecule has 0 radical (unpaired) electrons. The van der Waals surface area contributed by atoms with Gasteiger partial charge in [-0.15, -0.1) is 0 Å². The van der Waals surface area contributed by atoms with E-state index in [9.17, 15) is 9.59 Å². The Morgan fingerprint density at radius 3 is 2.50 bits per heavy atom. The van der Waals surface area contributed by atoms with Crippen molar-refractivity contribution in [2.24, 2.45) is 0 Å². The number of carbonyl (C=O) groups is 2. The predicted molar refractivity (Wildman–Crippen MR) is 98.8 cm³/mol. The summed E-state index contributed by atoms with van der Waals surface area (Å²) < 4.78 is 10.5. The fraction of sp³-hybridized carbons (Fsp3) is 0.222. The first-order valence-electron chi connectivity index (χ1n) is 7.93. The molecule has 1 aliphatic rings. The first kappa shape index (κ1) is 18.0. The van der Waals surface area contributed by atoms with Gasteiger partial charge < -0.3 is 20.1 Å². The zero-order valence-corrected chi connectivity index (χ0v) is 14.9. The van der Waals surface area contributed by atoms with E-state index in [4.69, 9.17) is 21.1 Å². The van der Waals surface area contributed by atoms with Crippen molar-refractivity contribution in [1.29, 1.82) is 0 Å². The van der Waals surface area contributed by atoms with Crippen LogP contribution in [0.25, 0.3) is 0 Å². The topological polar surface area (TPSA) is 79.9 Å². The highest BCUT2D eigenvalue weighted by Gasteiger charge is 2.15. The number of carbonyl (C=O) groups excluding carboxylic acids is 2. The van der Waals surface area contributed by atoms with Gasteiger partial charge in [0, 0.05) is 11.8 Å². The molecule has 0 spiro atoms. The van der Waals surface area contributed by atoms with Gasteiger partial charge in [-0.3, -0.25) is 14.5 Å². The van der Waals surface area contributed by atoms with Gasteiger partial charge in [0.25, 0.3) is 0 Å². The van der Waals surface area contributed by atoms with Crippen molar-refractivity contribution in [2.45, 2.75) is 0 Å². The summed E-state index contributed by atoms with van der Waals surface area (Å²) in [5.74, 6) is 0.750. The quantitative estimate of drug-likeness (QED) is 0.811. The molecule has 0 atom stereocenters. The van der Waals surface area contributed by atoms with E-state index in [-0.39, 0.29) is 31.7 Å². The van der Waals surface area contributed by atoms with Gasteiger partial charge in [0.2, 0.25) is 18.6 Å². The molecular formula is C18H18ClN3O4.